The maximum atomic E-state index is 2.41. The smallest absolute Gasteiger partial charge is 0.0961 e. The molecule has 22 heavy (non-hydrogen) atoms. The normalized spacial score (nSPS) is 42.8. The van der Waals surface area contributed by atoms with Crippen LogP contribution in [-0.2, 0) is 0 Å². The van der Waals surface area contributed by atoms with Gasteiger partial charge in [-0.3, -0.25) is 0 Å². The molecule has 2 heterocycles. The van der Waals surface area contributed by atoms with Crippen LogP contribution in [0.4, 0.5) is 0 Å². The summed E-state index contributed by atoms with van der Waals surface area (Å²) in [6.07, 6.45) is 2.79. The zero-order valence-electron chi connectivity index (χ0n) is 17.3. The predicted octanol–water partition coefficient (Wildman–Crippen LogP) is 4.54. The van der Waals surface area contributed by atoms with Gasteiger partial charge in [0.15, 0.2) is 0 Å². The van der Waals surface area contributed by atoms with Crippen molar-refractivity contribution in [1.82, 2.24) is 0 Å². The Labute approximate surface area is 141 Å². The number of likely N-dealkylation sites (tertiary alicyclic amines) is 2. The fraction of sp³-hybridized carbons (Fsp3) is 1.00. The summed E-state index contributed by atoms with van der Waals surface area (Å²) in [5.41, 5.74) is 1.00. The summed E-state index contributed by atoms with van der Waals surface area (Å²) >= 11 is 0. The van der Waals surface area contributed by atoms with Gasteiger partial charge in [-0.2, -0.15) is 0 Å². The van der Waals surface area contributed by atoms with E-state index in [1.165, 1.54) is 48.0 Å². The lowest BCUT2D eigenvalue weighted by Gasteiger charge is -2.43. The molecule has 2 aliphatic heterocycles. The third-order valence-electron chi connectivity index (χ3n) is 8.07. The van der Waals surface area contributed by atoms with E-state index in [9.17, 15) is 0 Å². The molecule has 0 aromatic carbocycles. The van der Waals surface area contributed by atoms with Gasteiger partial charge in [0.1, 0.15) is 0 Å². The molecule has 4 unspecified atom stereocenters. The number of hydrogen-bond acceptors (Lipinski definition) is 0. The van der Waals surface area contributed by atoms with E-state index in [-0.39, 0.29) is 0 Å². The standard InChI is InChI=1S/2C10H22N/c1-6-11(5)8-9(2)7-10(11,3)4;1-6-11(5)8-7-9(2)10(11,3)4/h2*9H,6-8H2,1-5H3/q2*+1. The Morgan fingerprint density at radius 1 is 0.909 bits per heavy atom. The van der Waals surface area contributed by atoms with Crippen LogP contribution >= 0.6 is 0 Å². The lowest BCUT2D eigenvalue weighted by molar-refractivity contribution is -0.943. The van der Waals surface area contributed by atoms with Crippen molar-refractivity contribution in [1.29, 1.82) is 0 Å². The summed E-state index contributed by atoms with van der Waals surface area (Å²) < 4.78 is 2.52. The minimum atomic E-state index is 0.495. The Kier molecular flexibility index (Phi) is 5.84. The summed E-state index contributed by atoms with van der Waals surface area (Å²) in [6.45, 7) is 24.3. The van der Waals surface area contributed by atoms with Gasteiger partial charge in [-0.25, -0.2) is 0 Å². The molecule has 0 bridgehead atoms. The highest BCUT2D eigenvalue weighted by Gasteiger charge is 2.49. The van der Waals surface area contributed by atoms with Crippen molar-refractivity contribution < 1.29 is 8.97 Å². The molecule has 2 heteroatoms. The first-order chi connectivity index (χ1) is 9.85. The lowest BCUT2D eigenvalue weighted by atomic mass is 9.89. The summed E-state index contributed by atoms with van der Waals surface area (Å²) in [6, 6.07) is 0. The molecule has 2 saturated heterocycles. The molecule has 2 rings (SSSR count). The maximum Gasteiger partial charge on any atom is 0.0961 e. The van der Waals surface area contributed by atoms with Crippen LogP contribution in [0.3, 0.4) is 0 Å². The largest absolute Gasteiger partial charge is 0.322 e. The molecule has 0 aliphatic carbocycles. The van der Waals surface area contributed by atoms with Crippen LogP contribution in [0.5, 0.6) is 0 Å². The Bertz CT molecular complexity index is 367. The van der Waals surface area contributed by atoms with Crippen molar-refractivity contribution in [3.63, 3.8) is 0 Å². The van der Waals surface area contributed by atoms with Gasteiger partial charge in [0.05, 0.1) is 51.4 Å². The van der Waals surface area contributed by atoms with Gasteiger partial charge in [0.2, 0.25) is 0 Å². The van der Waals surface area contributed by atoms with Gasteiger partial charge in [-0.05, 0) is 41.5 Å². The van der Waals surface area contributed by atoms with Gasteiger partial charge in [0.25, 0.3) is 0 Å². The van der Waals surface area contributed by atoms with Crippen LogP contribution in [0.25, 0.3) is 0 Å². The maximum absolute atomic E-state index is 2.41. The third kappa shape index (κ3) is 3.38. The Hall–Kier alpha value is -0.0800. The Morgan fingerprint density at radius 2 is 1.41 bits per heavy atom. The monoisotopic (exact) mass is 312 g/mol. The summed E-state index contributed by atoms with van der Waals surface area (Å²) in [5.74, 6) is 1.79. The first kappa shape index (κ1) is 20.0. The van der Waals surface area contributed by atoms with Crippen molar-refractivity contribution in [2.45, 2.75) is 79.3 Å². The second-order valence-electron chi connectivity index (χ2n) is 9.80. The van der Waals surface area contributed by atoms with Crippen molar-refractivity contribution >= 4 is 0 Å². The van der Waals surface area contributed by atoms with E-state index >= 15 is 0 Å². The predicted molar refractivity (Wildman–Crippen MR) is 98.9 cm³/mol. The van der Waals surface area contributed by atoms with Crippen LogP contribution in [-0.4, -0.2) is 60.3 Å². The molecule has 2 aliphatic rings. The molecular formula is C20H44N2+2. The third-order valence-corrected chi connectivity index (χ3v) is 8.07. The minimum Gasteiger partial charge on any atom is -0.322 e. The number of quaternary nitrogens is 2. The number of nitrogens with zero attached hydrogens (tertiary/aromatic N) is 2. The molecule has 0 aromatic rings. The van der Waals surface area contributed by atoms with E-state index in [1.54, 1.807) is 0 Å². The topological polar surface area (TPSA) is 0 Å². The van der Waals surface area contributed by atoms with Crippen LogP contribution in [0.2, 0.25) is 0 Å². The summed E-state index contributed by atoms with van der Waals surface area (Å²) in [5, 5.41) is 0. The van der Waals surface area contributed by atoms with Gasteiger partial charge in [0, 0.05) is 24.7 Å². The van der Waals surface area contributed by atoms with Gasteiger partial charge in [-0.15, -0.1) is 0 Å². The van der Waals surface area contributed by atoms with E-state index in [1.807, 2.05) is 0 Å². The fourth-order valence-corrected chi connectivity index (χ4v) is 4.85. The van der Waals surface area contributed by atoms with Crippen molar-refractivity contribution in [3.8, 4) is 0 Å². The molecule has 2 fully saturated rings. The van der Waals surface area contributed by atoms with E-state index < -0.39 is 0 Å². The highest BCUT2D eigenvalue weighted by Crippen LogP contribution is 2.39. The van der Waals surface area contributed by atoms with Crippen molar-refractivity contribution in [2.75, 3.05) is 40.3 Å². The van der Waals surface area contributed by atoms with Crippen LogP contribution in [0, 0.1) is 11.8 Å². The second-order valence-corrected chi connectivity index (χ2v) is 9.80. The van der Waals surface area contributed by atoms with E-state index in [0.29, 0.717) is 11.1 Å². The lowest BCUT2D eigenvalue weighted by Crippen LogP contribution is -2.56. The first-order valence-corrected chi connectivity index (χ1v) is 9.54. The van der Waals surface area contributed by atoms with Crippen LogP contribution < -0.4 is 0 Å². The van der Waals surface area contributed by atoms with Gasteiger partial charge < -0.3 is 8.97 Å². The molecule has 0 saturated carbocycles. The van der Waals surface area contributed by atoms with E-state index in [0.717, 1.165) is 11.8 Å². The zero-order chi connectivity index (χ0) is 17.4. The number of rotatable bonds is 2. The molecule has 0 spiro atoms. The average molecular weight is 313 g/mol. The number of hydrogen-bond donors (Lipinski definition) is 0. The zero-order valence-corrected chi connectivity index (χ0v) is 17.3. The first-order valence-electron chi connectivity index (χ1n) is 9.54. The molecule has 2 nitrogen and oxygen atoms in total. The molecule has 0 aromatic heterocycles. The summed E-state index contributed by atoms with van der Waals surface area (Å²) in [7, 11) is 4.78. The van der Waals surface area contributed by atoms with Crippen molar-refractivity contribution in [2.24, 2.45) is 11.8 Å². The molecular weight excluding hydrogens is 268 g/mol. The minimum absolute atomic E-state index is 0.495. The molecule has 4 atom stereocenters. The molecule has 0 amide bonds. The van der Waals surface area contributed by atoms with Crippen molar-refractivity contribution in [3.05, 3.63) is 0 Å². The Balaban J connectivity index is 0.000000220. The average Bonchev–Trinajstić information content (AvgIpc) is 2.75. The highest BCUT2D eigenvalue weighted by atomic mass is 15.4. The SMILES string of the molecule is CC[N+]1(C)CC(C)CC1(C)C.CC[N+]1(C)CCC(C)C1(C)C. The van der Waals surface area contributed by atoms with E-state index in [4.69, 9.17) is 0 Å². The summed E-state index contributed by atoms with van der Waals surface area (Å²) in [4.78, 5) is 0. The van der Waals surface area contributed by atoms with Crippen LogP contribution in [0.1, 0.15) is 68.2 Å². The second kappa shape index (κ2) is 6.43. The molecule has 0 N–H and O–H groups in total. The van der Waals surface area contributed by atoms with E-state index in [2.05, 4.69) is 69.5 Å². The quantitative estimate of drug-likeness (QED) is 0.657. The molecule has 132 valence electrons. The fourth-order valence-electron chi connectivity index (χ4n) is 4.85. The van der Waals surface area contributed by atoms with Gasteiger partial charge in [-0.1, -0.05) is 13.8 Å². The van der Waals surface area contributed by atoms with Crippen LogP contribution in [0.15, 0.2) is 0 Å². The van der Waals surface area contributed by atoms with Gasteiger partial charge >= 0.3 is 0 Å². The Morgan fingerprint density at radius 3 is 1.59 bits per heavy atom. The highest BCUT2D eigenvalue weighted by molar-refractivity contribution is 4.82. The molecule has 0 radical (unpaired) electrons.